The van der Waals surface area contributed by atoms with Crippen molar-refractivity contribution in [1.29, 1.82) is 0 Å². The summed E-state index contributed by atoms with van der Waals surface area (Å²) in [5.74, 6) is -11.2. The Hall–Kier alpha value is -6.66. The highest BCUT2D eigenvalue weighted by Crippen LogP contribution is 2.20. The van der Waals surface area contributed by atoms with E-state index in [-0.39, 0.29) is 18.8 Å². The molecule has 24 heteroatoms. The molecule has 1 aromatic carbocycles. The molecule has 378 valence electrons. The summed E-state index contributed by atoms with van der Waals surface area (Å²) in [7, 11) is 0. The average molecular weight is 961 g/mol. The molecule has 15 N–H and O–H groups in total. The van der Waals surface area contributed by atoms with E-state index >= 15 is 0 Å². The molecule has 0 bridgehead atoms. The van der Waals surface area contributed by atoms with Gasteiger partial charge in [0.1, 0.15) is 54.4 Å². The summed E-state index contributed by atoms with van der Waals surface area (Å²) in [6, 6.07) is -5.35. The van der Waals surface area contributed by atoms with Crippen molar-refractivity contribution in [3.05, 3.63) is 36.0 Å². The molecule has 1 heterocycles. The molecular weight excluding hydrogens is 893 g/mol. The molecule has 9 atom stereocenters. The van der Waals surface area contributed by atoms with E-state index < -0.39 is 151 Å². The molecule has 1 aromatic heterocycles. The summed E-state index contributed by atoms with van der Waals surface area (Å²) in [5.41, 5.74) is 6.85. The van der Waals surface area contributed by atoms with Gasteiger partial charge in [-0.1, -0.05) is 59.7 Å². The zero-order valence-corrected chi connectivity index (χ0v) is 39.5. The van der Waals surface area contributed by atoms with Gasteiger partial charge >= 0.3 is 11.9 Å². The number of H-pyrrole nitrogens is 1. The third-order valence-electron chi connectivity index (χ3n) is 10.7. The highest BCUT2D eigenvalue weighted by molar-refractivity contribution is 5.98. The Kier molecular flexibility index (Phi) is 23.0. The first-order valence-electron chi connectivity index (χ1n) is 22.2. The summed E-state index contributed by atoms with van der Waals surface area (Å²) >= 11 is 0. The van der Waals surface area contributed by atoms with Crippen molar-refractivity contribution in [1.82, 2.24) is 47.5 Å². The first-order chi connectivity index (χ1) is 31.8. The molecule has 0 aliphatic heterocycles. The fraction of sp³-hybridized carbons (Fsp3) is 0.591. The number of carbonyl (C=O) groups excluding carboxylic acids is 8. The van der Waals surface area contributed by atoms with E-state index in [1.807, 2.05) is 0 Å². The third kappa shape index (κ3) is 17.9. The number of nitrogens with one attached hydrogen (secondary N) is 9. The minimum absolute atomic E-state index is 0.0127. The van der Waals surface area contributed by atoms with Gasteiger partial charge in [-0.25, -0.2) is 0 Å². The number of benzene rings is 1. The normalized spacial score (nSPS) is 15.3. The Morgan fingerprint density at radius 3 is 1.59 bits per heavy atom. The molecular formula is C44H68N10O14. The first-order valence-corrected chi connectivity index (χ1v) is 22.2. The van der Waals surface area contributed by atoms with E-state index in [2.05, 4.69) is 47.5 Å². The van der Waals surface area contributed by atoms with Gasteiger partial charge in [-0.2, -0.15) is 0 Å². The second-order valence-corrected chi connectivity index (χ2v) is 17.6. The zero-order valence-electron chi connectivity index (χ0n) is 39.5. The van der Waals surface area contributed by atoms with Crippen LogP contribution in [0.3, 0.4) is 0 Å². The SMILES string of the molecule is CC(C)CC(NC(=O)C(NC(=O)C(C)NC(=O)C(Cc1c[nH]c2ccccc12)NC(=O)C(CO)NC(=O)C(N)CO)C(C)C)C(=O)NC(CCC(=O)O)C(=O)NC(C(=O)NC(C)C(=O)O)C(C)C. The number of hydrogen-bond acceptors (Lipinski definition) is 13. The molecule has 2 rings (SSSR count). The second-order valence-electron chi connectivity index (χ2n) is 17.6. The number of amides is 8. The largest absolute Gasteiger partial charge is 0.481 e. The number of carbonyl (C=O) groups is 10. The number of aromatic amines is 1. The molecule has 0 fully saturated rings. The van der Waals surface area contributed by atoms with Gasteiger partial charge in [0.2, 0.25) is 47.3 Å². The van der Waals surface area contributed by atoms with E-state index in [1.54, 1.807) is 72.0 Å². The van der Waals surface area contributed by atoms with Crippen molar-refractivity contribution in [2.24, 2.45) is 23.5 Å². The lowest BCUT2D eigenvalue weighted by Crippen LogP contribution is -2.61. The van der Waals surface area contributed by atoms with Gasteiger partial charge in [-0.15, -0.1) is 0 Å². The summed E-state index contributed by atoms with van der Waals surface area (Å²) in [6.45, 7) is 10.8. The zero-order chi connectivity index (χ0) is 51.6. The molecule has 8 amide bonds. The number of hydrogen-bond donors (Lipinski definition) is 14. The molecule has 68 heavy (non-hydrogen) atoms. The van der Waals surface area contributed by atoms with E-state index in [1.165, 1.54) is 13.8 Å². The molecule has 0 aliphatic carbocycles. The Balaban J connectivity index is 2.32. The van der Waals surface area contributed by atoms with E-state index in [4.69, 9.17) is 5.73 Å². The van der Waals surface area contributed by atoms with Gasteiger partial charge in [0.25, 0.3) is 0 Å². The lowest BCUT2D eigenvalue weighted by molar-refractivity contribution is -0.142. The number of para-hydroxylation sites is 1. The van der Waals surface area contributed by atoms with Gasteiger partial charge in [0.15, 0.2) is 0 Å². The lowest BCUT2D eigenvalue weighted by atomic mass is 9.98. The van der Waals surface area contributed by atoms with Crippen LogP contribution in [-0.2, 0) is 54.4 Å². The lowest BCUT2D eigenvalue weighted by Gasteiger charge is -2.29. The predicted molar refractivity (Wildman–Crippen MR) is 245 cm³/mol. The number of aliphatic hydroxyl groups excluding tert-OH is 2. The van der Waals surface area contributed by atoms with Crippen LogP contribution in [0.15, 0.2) is 30.5 Å². The molecule has 24 nitrogen and oxygen atoms in total. The maximum Gasteiger partial charge on any atom is 0.325 e. The number of fused-ring (bicyclic) bond motifs is 1. The van der Waals surface area contributed by atoms with Crippen LogP contribution in [0.1, 0.15) is 80.2 Å². The van der Waals surface area contributed by atoms with E-state index in [0.717, 1.165) is 5.52 Å². The Labute approximate surface area is 393 Å². The maximum atomic E-state index is 13.9. The monoisotopic (exact) mass is 960 g/mol. The van der Waals surface area contributed by atoms with Gasteiger partial charge in [0.05, 0.1) is 13.2 Å². The van der Waals surface area contributed by atoms with Crippen LogP contribution in [0.4, 0.5) is 0 Å². The van der Waals surface area contributed by atoms with E-state index in [9.17, 15) is 68.4 Å². The van der Waals surface area contributed by atoms with Gasteiger partial charge in [-0.05, 0) is 56.1 Å². The van der Waals surface area contributed by atoms with Crippen molar-refractivity contribution in [3.8, 4) is 0 Å². The van der Waals surface area contributed by atoms with Crippen LogP contribution in [-0.4, -0.2) is 152 Å². The van der Waals surface area contributed by atoms with Crippen LogP contribution in [0.25, 0.3) is 10.9 Å². The topological polar surface area (TPSA) is 390 Å². The fourth-order valence-electron chi connectivity index (χ4n) is 6.68. The second kappa shape index (κ2) is 27.2. The Bertz CT molecular complexity index is 2110. The van der Waals surface area contributed by atoms with Crippen LogP contribution >= 0.6 is 0 Å². The summed E-state index contributed by atoms with van der Waals surface area (Å²) in [6.07, 6.45) is 0.498. The molecule has 9 unspecified atom stereocenters. The number of aliphatic carboxylic acids is 2. The molecule has 0 radical (unpaired) electrons. The Morgan fingerprint density at radius 2 is 1.04 bits per heavy atom. The van der Waals surface area contributed by atoms with Crippen LogP contribution in [0.5, 0.6) is 0 Å². The molecule has 0 spiro atoms. The Morgan fingerprint density at radius 1 is 0.559 bits per heavy atom. The van der Waals surface area contributed by atoms with Crippen LogP contribution < -0.4 is 48.3 Å². The fourth-order valence-corrected chi connectivity index (χ4v) is 6.68. The highest BCUT2D eigenvalue weighted by Gasteiger charge is 2.36. The first kappa shape index (κ1) is 57.5. The van der Waals surface area contributed by atoms with Crippen molar-refractivity contribution in [2.75, 3.05) is 13.2 Å². The number of aromatic nitrogens is 1. The van der Waals surface area contributed by atoms with Crippen molar-refractivity contribution in [2.45, 2.75) is 135 Å². The average Bonchev–Trinajstić information content (AvgIpc) is 3.68. The van der Waals surface area contributed by atoms with Crippen molar-refractivity contribution < 1.29 is 68.4 Å². The molecule has 2 aromatic rings. The summed E-state index contributed by atoms with van der Waals surface area (Å²) < 4.78 is 0. The van der Waals surface area contributed by atoms with Crippen LogP contribution in [0.2, 0.25) is 0 Å². The minimum Gasteiger partial charge on any atom is -0.481 e. The van der Waals surface area contributed by atoms with Crippen molar-refractivity contribution >= 4 is 70.1 Å². The van der Waals surface area contributed by atoms with Gasteiger partial charge in [-0.3, -0.25) is 47.9 Å². The summed E-state index contributed by atoms with van der Waals surface area (Å²) in [4.78, 5) is 133. The smallest absolute Gasteiger partial charge is 0.325 e. The number of carboxylic acid groups (broad SMARTS) is 2. The molecule has 0 saturated heterocycles. The standard InChI is InChI=1S/C44H68N10O14/c1-20(2)15-30(40(63)49-29(13-14-33(57)58)38(61)54-34(21(3)4)42(65)48-24(8)44(67)68)51-43(66)35(22(5)6)53-36(59)23(7)47-39(62)31(16-25-17-46-28-12-10-9-11-26(25)28)50-41(64)32(19-56)52-37(60)27(45)18-55/h9-12,17,20-24,27,29-32,34-35,46,55-56H,13-16,18-19,45H2,1-8H3,(H,47,62)(H,48,65)(H,49,63)(H,50,64)(H,51,66)(H,52,60)(H,53,59)(H,54,61)(H,57,58)(H,67,68). The number of carboxylic acids is 2. The van der Waals surface area contributed by atoms with E-state index in [0.29, 0.717) is 10.9 Å². The quantitative estimate of drug-likeness (QED) is 0.0411. The molecule has 0 saturated carbocycles. The highest BCUT2D eigenvalue weighted by atomic mass is 16.4. The van der Waals surface area contributed by atoms with Gasteiger partial charge < -0.3 is 73.7 Å². The maximum absolute atomic E-state index is 13.9. The minimum atomic E-state index is -1.58. The third-order valence-corrected chi connectivity index (χ3v) is 10.7. The van der Waals surface area contributed by atoms with Crippen molar-refractivity contribution in [3.63, 3.8) is 0 Å². The number of nitrogens with two attached hydrogens (primary N) is 1. The molecule has 0 aliphatic rings. The predicted octanol–water partition coefficient (Wildman–Crippen LogP) is -2.75. The number of rotatable bonds is 28. The summed E-state index contributed by atoms with van der Waals surface area (Å²) in [5, 5.41) is 58.1. The van der Waals surface area contributed by atoms with Gasteiger partial charge in [0, 0.05) is 29.9 Å². The number of aliphatic hydroxyl groups is 2. The van der Waals surface area contributed by atoms with Crippen LogP contribution in [0, 0.1) is 17.8 Å².